The van der Waals surface area contributed by atoms with Gasteiger partial charge >= 0.3 is 0 Å². The maximum Gasteiger partial charge on any atom is 0.206 e. The van der Waals surface area contributed by atoms with Crippen molar-refractivity contribution in [2.75, 3.05) is 0 Å². The highest BCUT2D eigenvalue weighted by molar-refractivity contribution is 5.63. The Labute approximate surface area is 79.8 Å². The van der Waals surface area contributed by atoms with Gasteiger partial charge in [0.2, 0.25) is 6.29 Å². The van der Waals surface area contributed by atoms with E-state index in [0.717, 1.165) is 12.0 Å². The van der Waals surface area contributed by atoms with Crippen molar-refractivity contribution in [3.8, 4) is 0 Å². The lowest BCUT2D eigenvalue weighted by Crippen LogP contribution is -2.09. The van der Waals surface area contributed by atoms with Gasteiger partial charge in [-0.1, -0.05) is 50.6 Å². The summed E-state index contributed by atoms with van der Waals surface area (Å²) in [5.74, 6) is 0.311. The molecule has 0 heterocycles. The minimum atomic E-state index is -0.0637. The van der Waals surface area contributed by atoms with E-state index in [1.165, 1.54) is 0 Å². The van der Waals surface area contributed by atoms with Gasteiger partial charge in [-0.2, -0.15) is 0 Å². The van der Waals surface area contributed by atoms with Crippen molar-refractivity contribution in [2.45, 2.75) is 26.2 Å². The van der Waals surface area contributed by atoms with Crippen LogP contribution in [0.1, 0.15) is 31.7 Å². The van der Waals surface area contributed by atoms with Gasteiger partial charge in [-0.25, -0.2) is 0 Å². The SMILES string of the molecule is CCC(C)C([C]=O)c1ccccc1. The van der Waals surface area contributed by atoms with E-state index < -0.39 is 0 Å². The van der Waals surface area contributed by atoms with Crippen molar-refractivity contribution in [2.24, 2.45) is 5.92 Å². The molecule has 1 radical (unpaired) electrons. The van der Waals surface area contributed by atoms with Gasteiger partial charge in [0.1, 0.15) is 0 Å². The number of benzene rings is 1. The van der Waals surface area contributed by atoms with Crippen LogP contribution < -0.4 is 0 Å². The Morgan fingerprint density at radius 2 is 1.92 bits per heavy atom. The Kier molecular flexibility index (Phi) is 3.69. The van der Waals surface area contributed by atoms with Gasteiger partial charge in [-0.05, 0) is 11.5 Å². The molecule has 0 N–H and O–H groups in total. The minimum absolute atomic E-state index is 0.0637. The standard InChI is InChI=1S/C12H15O/c1-3-10(2)12(9-13)11-7-5-4-6-8-11/h4-8,10,12H,3H2,1-2H3. The second-order valence-corrected chi connectivity index (χ2v) is 3.39. The van der Waals surface area contributed by atoms with Crippen molar-refractivity contribution in [1.29, 1.82) is 0 Å². The second-order valence-electron chi connectivity index (χ2n) is 3.39. The molecule has 2 unspecified atom stereocenters. The van der Waals surface area contributed by atoms with E-state index in [4.69, 9.17) is 0 Å². The molecule has 1 heteroatoms. The van der Waals surface area contributed by atoms with E-state index in [-0.39, 0.29) is 5.92 Å². The summed E-state index contributed by atoms with van der Waals surface area (Å²) >= 11 is 0. The summed E-state index contributed by atoms with van der Waals surface area (Å²) in [6, 6.07) is 9.86. The van der Waals surface area contributed by atoms with E-state index in [9.17, 15) is 4.79 Å². The predicted molar refractivity (Wildman–Crippen MR) is 54.3 cm³/mol. The lowest BCUT2D eigenvalue weighted by molar-refractivity contribution is 0.479. The Morgan fingerprint density at radius 1 is 1.31 bits per heavy atom. The molecule has 0 saturated carbocycles. The summed E-state index contributed by atoms with van der Waals surface area (Å²) in [4.78, 5) is 10.8. The van der Waals surface area contributed by atoms with Gasteiger partial charge in [0.25, 0.3) is 0 Å². The van der Waals surface area contributed by atoms with Gasteiger partial charge in [0, 0.05) is 0 Å². The molecule has 0 spiro atoms. The number of hydrogen-bond acceptors (Lipinski definition) is 1. The molecule has 0 aromatic heterocycles. The third-order valence-electron chi connectivity index (χ3n) is 2.50. The molecular weight excluding hydrogens is 160 g/mol. The van der Waals surface area contributed by atoms with Gasteiger partial charge in [0.05, 0.1) is 5.92 Å². The maximum absolute atomic E-state index is 10.8. The highest BCUT2D eigenvalue weighted by Crippen LogP contribution is 2.24. The first-order valence-corrected chi connectivity index (χ1v) is 4.72. The number of rotatable bonds is 4. The molecule has 69 valence electrons. The molecule has 0 amide bonds. The van der Waals surface area contributed by atoms with Crippen molar-refractivity contribution >= 4 is 6.29 Å². The van der Waals surface area contributed by atoms with Crippen LogP contribution in [0.2, 0.25) is 0 Å². The summed E-state index contributed by atoms with van der Waals surface area (Å²) in [5.41, 5.74) is 1.08. The summed E-state index contributed by atoms with van der Waals surface area (Å²) < 4.78 is 0. The zero-order valence-corrected chi connectivity index (χ0v) is 8.16. The van der Waals surface area contributed by atoms with E-state index in [1.54, 1.807) is 0 Å². The van der Waals surface area contributed by atoms with Crippen LogP contribution >= 0.6 is 0 Å². The minimum Gasteiger partial charge on any atom is -0.290 e. The van der Waals surface area contributed by atoms with Crippen LogP contribution in [0.4, 0.5) is 0 Å². The molecule has 0 bridgehead atoms. The van der Waals surface area contributed by atoms with Crippen LogP contribution in [-0.2, 0) is 4.79 Å². The Morgan fingerprint density at radius 3 is 2.38 bits per heavy atom. The fourth-order valence-electron chi connectivity index (χ4n) is 1.41. The van der Waals surface area contributed by atoms with Gasteiger partial charge in [0.15, 0.2) is 0 Å². The van der Waals surface area contributed by atoms with Crippen LogP contribution in [0, 0.1) is 5.92 Å². The molecule has 0 aliphatic heterocycles. The van der Waals surface area contributed by atoms with Crippen LogP contribution in [0.15, 0.2) is 30.3 Å². The van der Waals surface area contributed by atoms with Gasteiger partial charge in [-0.15, -0.1) is 0 Å². The Hall–Kier alpha value is -1.11. The van der Waals surface area contributed by atoms with Crippen LogP contribution in [-0.4, -0.2) is 6.29 Å². The van der Waals surface area contributed by atoms with E-state index in [1.807, 2.05) is 30.3 Å². The highest BCUT2D eigenvalue weighted by Gasteiger charge is 2.17. The van der Waals surface area contributed by atoms with Crippen LogP contribution in [0.5, 0.6) is 0 Å². The molecule has 0 aliphatic rings. The smallest absolute Gasteiger partial charge is 0.206 e. The third-order valence-corrected chi connectivity index (χ3v) is 2.50. The quantitative estimate of drug-likeness (QED) is 0.687. The van der Waals surface area contributed by atoms with Gasteiger partial charge < -0.3 is 0 Å². The molecule has 1 nitrogen and oxygen atoms in total. The fraction of sp³-hybridized carbons (Fsp3) is 0.417. The molecule has 1 aromatic carbocycles. The molecule has 2 atom stereocenters. The van der Waals surface area contributed by atoms with Crippen molar-refractivity contribution in [3.05, 3.63) is 35.9 Å². The lowest BCUT2D eigenvalue weighted by Gasteiger charge is -2.16. The molecule has 1 aromatic rings. The topological polar surface area (TPSA) is 17.1 Å². The summed E-state index contributed by atoms with van der Waals surface area (Å²) in [6.07, 6.45) is 3.13. The molecule has 13 heavy (non-hydrogen) atoms. The maximum atomic E-state index is 10.8. The normalized spacial score (nSPS) is 14.9. The molecule has 0 fully saturated rings. The zero-order valence-electron chi connectivity index (χ0n) is 8.16. The lowest BCUT2D eigenvalue weighted by atomic mass is 9.87. The highest BCUT2D eigenvalue weighted by atomic mass is 16.1. The Balaban J connectivity index is 2.84. The number of carbonyl (C=O) groups excluding carboxylic acids is 1. The van der Waals surface area contributed by atoms with E-state index >= 15 is 0 Å². The average Bonchev–Trinajstić information content (AvgIpc) is 2.20. The molecular formula is C12H15O. The van der Waals surface area contributed by atoms with Crippen molar-refractivity contribution in [3.63, 3.8) is 0 Å². The average molecular weight is 175 g/mol. The summed E-state index contributed by atoms with van der Waals surface area (Å²) in [5, 5.41) is 0. The second kappa shape index (κ2) is 4.80. The third kappa shape index (κ3) is 2.41. The van der Waals surface area contributed by atoms with Crippen molar-refractivity contribution in [1.82, 2.24) is 0 Å². The van der Waals surface area contributed by atoms with Gasteiger partial charge in [-0.3, -0.25) is 4.79 Å². The summed E-state index contributed by atoms with van der Waals surface area (Å²) in [7, 11) is 0. The largest absolute Gasteiger partial charge is 0.290 e. The van der Waals surface area contributed by atoms with E-state index in [0.29, 0.717) is 5.92 Å². The molecule has 0 aliphatic carbocycles. The summed E-state index contributed by atoms with van der Waals surface area (Å²) in [6.45, 7) is 4.18. The zero-order chi connectivity index (χ0) is 9.68. The van der Waals surface area contributed by atoms with Crippen molar-refractivity contribution < 1.29 is 4.79 Å². The first kappa shape index (κ1) is 9.97. The molecule has 0 saturated heterocycles. The first-order chi connectivity index (χ1) is 6.29. The van der Waals surface area contributed by atoms with E-state index in [2.05, 4.69) is 20.1 Å². The van der Waals surface area contributed by atoms with Crippen LogP contribution in [0.3, 0.4) is 0 Å². The van der Waals surface area contributed by atoms with Crippen LogP contribution in [0.25, 0.3) is 0 Å². The monoisotopic (exact) mass is 175 g/mol. The Bertz CT molecular complexity index is 253. The fourth-order valence-corrected chi connectivity index (χ4v) is 1.41. The predicted octanol–water partition coefficient (Wildman–Crippen LogP) is 2.93. The first-order valence-electron chi connectivity index (χ1n) is 4.72. The number of hydrogen-bond donors (Lipinski definition) is 0. The molecule has 1 rings (SSSR count).